The molecule has 0 unspecified atom stereocenters. The number of benzene rings is 3. The van der Waals surface area contributed by atoms with Crippen LogP contribution >= 0.6 is 0 Å². The van der Waals surface area contributed by atoms with Crippen LogP contribution in [-0.2, 0) is 6.42 Å². The van der Waals surface area contributed by atoms with E-state index in [0.717, 1.165) is 11.1 Å². The molecule has 1 aliphatic rings. The van der Waals surface area contributed by atoms with Crippen molar-refractivity contribution in [3.8, 4) is 0 Å². The predicted octanol–water partition coefficient (Wildman–Crippen LogP) is 3.56. The van der Waals surface area contributed by atoms with Gasteiger partial charge in [-0.1, -0.05) is 48.5 Å². The van der Waals surface area contributed by atoms with Crippen LogP contribution in [0.3, 0.4) is 0 Å². The molecule has 4 aromatic rings. The Morgan fingerprint density at radius 2 is 1.78 bits per heavy atom. The molecule has 0 saturated carbocycles. The fraction of sp³-hybridized carbons (Fsp3) is 0.160. The largest absolute Gasteiger partial charge is 0.388 e. The molecule has 1 heterocycles. The maximum atomic E-state index is 14.5. The zero-order valence-electron chi connectivity index (χ0n) is 17.0. The van der Waals surface area contributed by atoms with Crippen molar-refractivity contribution in [2.24, 2.45) is 0 Å². The normalized spacial score (nSPS) is 17.3. The number of halogens is 1. The molecule has 160 valence electrons. The van der Waals surface area contributed by atoms with Crippen LogP contribution in [0.25, 0.3) is 10.8 Å². The van der Waals surface area contributed by atoms with Gasteiger partial charge in [0.05, 0.1) is 28.8 Å². The summed E-state index contributed by atoms with van der Waals surface area (Å²) in [7, 11) is 0. The van der Waals surface area contributed by atoms with Crippen LogP contribution in [-0.4, -0.2) is 21.2 Å². The van der Waals surface area contributed by atoms with Gasteiger partial charge in [-0.05, 0) is 34.9 Å². The summed E-state index contributed by atoms with van der Waals surface area (Å²) in [6.45, 7) is 0. The third-order valence-corrected chi connectivity index (χ3v) is 5.92. The number of fused-ring (bicyclic) bond motifs is 2. The summed E-state index contributed by atoms with van der Waals surface area (Å²) in [5, 5.41) is 21.0. The van der Waals surface area contributed by atoms with Crippen LogP contribution < -0.4 is 10.9 Å². The smallest absolute Gasteiger partial charge is 0.272 e. The van der Waals surface area contributed by atoms with Gasteiger partial charge in [0.2, 0.25) is 0 Å². The standard InChI is InChI=1S/C25H20FN3O3/c26-20-10-9-14(12-22-16-6-2-4-8-18(16)25(32)29-28-22)11-19(20)24(31)27-21-13-23(30)17-7-3-1-5-15(17)21/h1-11,21,23,30H,12-13H2,(H,27,31)(H,29,32)/t21-,23-/m1/s1. The number of aromatic amines is 1. The second kappa shape index (κ2) is 8.01. The first-order valence-corrected chi connectivity index (χ1v) is 10.3. The van der Waals surface area contributed by atoms with Gasteiger partial charge in [-0.2, -0.15) is 5.10 Å². The second-order valence-corrected chi connectivity index (χ2v) is 7.94. The Bertz CT molecular complexity index is 1400. The van der Waals surface area contributed by atoms with Gasteiger partial charge in [0.1, 0.15) is 5.82 Å². The van der Waals surface area contributed by atoms with E-state index in [1.54, 1.807) is 18.2 Å². The number of aromatic nitrogens is 2. The molecule has 7 heteroatoms. The maximum Gasteiger partial charge on any atom is 0.272 e. The molecular weight excluding hydrogens is 409 g/mol. The molecule has 0 spiro atoms. The van der Waals surface area contributed by atoms with Gasteiger partial charge in [0.15, 0.2) is 0 Å². The van der Waals surface area contributed by atoms with Crippen molar-refractivity contribution in [2.75, 3.05) is 0 Å². The number of hydrogen-bond donors (Lipinski definition) is 3. The fourth-order valence-corrected chi connectivity index (χ4v) is 4.34. The van der Waals surface area contributed by atoms with Crippen molar-refractivity contribution < 1.29 is 14.3 Å². The zero-order chi connectivity index (χ0) is 22.2. The molecule has 1 aromatic heterocycles. The molecule has 5 rings (SSSR count). The van der Waals surface area contributed by atoms with E-state index in [2.05, 4.69) is 15.5 Å². The summed E-state index contributed by atoms with van der Waals surface area (Å²) >= 11 is 0. The molecule has 1 aliphatic carbocycles. The van der Waals surface area contributed by atoms with Gasteiger partial charge in [0, 0.05) is 18.2 Å². The third kappa shape index (κ3) is 3.56. The van der Waals surface area contributed by atoms with E-state index >= 15 is 0 Å². The van der Waals surface area contributed by atoms with Crippen molar-refractivity contribution in [3.63, 3.8) is 0 Å². The lowest BCUT2D eigenvalue weighted by atomic mass is 10.0. The Kier molecular flexibility index (Phi) is 5.03. The minimum absolute atomic E-state index is 0.0740. The van der Waals surface area contributed by atoms with E-state index in [9.17, 15) is 19.1 Å². The molecule has 3 aromatic carbocycles. The van der Waals surface area contributed by atoms with E-state index < -0.39 is 17.8 Å². The zero-order valence-corrected chi connectivity index (χ0v) is 17.0. The molecular formula is C25H20FN3O3. The Morgan fingerprint density at radius 1 is 1.06 bits per heavy atom. The van der Waals surface area contributed by atoms with Crippen LogP contribution in [0.2, 0.25) is 0 Å². The minimum Gasteiger partial charge on any atom is -0.388 e. The average molecular weight is 429 g/mol. The first-order chi connectivity index (χ1) is 15.5. The summed E-state index contributed by atoms with van der Waals surface area (Å²) in [6.07, 6.45) is 0.00923. The molecule has 0 radical (unpaired) electrons. The van der Waals surface area contributed by atoms with E-state index in [4.69, 9.17) is 0 Å². The Balaban J connectivity index is 1.42. The van der Waals surface area contributed by atoms with E-state index in [-0.39, 0.29) is 17.2 Å². The fourth-order valence-electron chi connectivity index (χ4n) is 4.34. The first-order valence-electron chi connectivity index (χ1n) is 10.3. The number of aliphatic hydroxyl groups is 1. The predicted molar refractivity (Wildman–Crippen MR) is 118 cm³/mol. The lowest BCUT2D eigenvalue weighted by molar-refractivity contribution is 0.0920. The van der Waals surface area contributed by atoms with Gasteiger partial charge in [0.25, 0.3) is 11.5 Å². The monoisotopic (exact) mass is 429 g/mol. The number of nitrogens with zero attached hydrogens (tertiary/aromatic N) is 1. The van der Waals surface area contributed by atoms with Crippen molar-refractivity contribution in [1.82, 2.24) is 15.5 Å². The van der Waals surface area contributed by atoms with Crippen LogP contribution in [0, 0.1) is 5.82 Å². The van der Waals surface area contributed by atoms with Crippen LogP contribution in [0.4, 0.5) is 4.39 Å². The molecule has 0 fully saturated rings. The number of rotatable bonds is 4. The van der Waals surface area contributed by atoms with Crippen molar-refractivity contribution in [2.45, 2.75) is 25.0 Å². The number of aliphatic hydroxyl groups excluding tert-OH is 1. The number of nitrogens with one attached hydrogen (secondary N) is 2. The summed E-state index contributed by atoms with van der Waals surface area (Å²) in [6, 6.07) is 18.5. The topological polar surface area (TPSA) is 95.1 Å². The van der Waals surface area contributed by atoms with E-state index in [1.807, 2.05) is 36.4 Å². The number of carbonyl (C=O) groups excluding carboxylic acids is 1. The van der Waals surface area contributed by atoms with Gasteiger partial charge < -0.3 is 10.4 Å². The maximum absolute atomic E-state index is 14.5. The van der Waals surface area contributed by atoms with Crippen molar-refractivity contribution in [3.05, 3.63) is 111 Å². The molecule has 0 aliphatic heterocycles. The van der Waals surface area contributed by atoms with Gasteiger partial charge in [-0.3, -0.25) is 9.59 Å². The van der Waals surface area contributed by atoms with E-state index in [0.29, 0.717) is 34.9 Å². The third-order valence-electron chi connectivity index (χ3n) is 5.92. The van der Waals surface area contributed by atoms with Crippen LogP contribution in [0.15, 0.2) is 71.5 Å². The summed E-state index contributed by atoms with van der Waals surface area (Å²) in [5.74, 6) is -1.17. The Labute approximate surface area is 182 Å². The average Bonchev–Trinajstić information content (AvgIpc) is 3.12. The number of carbonyl (C=O) groups is 1. The lowest BCUT2D eigenvalue weighted by Crippen LogP contribution is -2.28. The quantitative estimate of drug-likeness (QED) is 0.462. The Hall–Kier alpha value is -3.84. The summed E-state index contributed by atoms with van der Waals surface area (Å²) in [4.78, 5) is 24.9. The molecule has 6 nitrogen and oxygen atoms in total. The molecule has 0 bridgehead atoms. The highest BCUT2D eigenvalue weighted by molar-refractivity contribution is 5.95. The summed E-state index contributed by atoms with van der Waals surface area (Å²) < 4.78 is 14.5. The minimum atomic E-state index is -0.660. The van der Waals surface area contributed by atoms with E-state index in [1.165, 1.54) is 12.1 Å². The van der Waals surface area contributed by atoms with Gasteiger partial charge in [-0.15, -0.1) is 0 Å². The number of hydrogen-bond acceptors (Lipinski definition) is 4. The van der Waals surface area contributed by atoms with Gasteiger partial charge >= 0.3 is 0 Å². The highest BCUT2D eigenvalue weighted by Crippen LogP contribution is 2.38. The molecule has 3 N–H and O–H groups in total. The van der Waals surface area contributed by atoms with Crippen LogP contribution in [0.1, 0.15) is 51.3 Å². The van der Waals surface area contributed by atoms with Crippen molar-refractivity contribution in [1.29, 1.82) is 0 Å². The molecule has 2 atom stereocenters. The SMILES string of the molecule is O=C(N[C@@H]1C[C@@H](O)c2ccccc21)c1cc(Cc2n[nH]c(=O)c3ccccc23)ccc1F. The molecule has 0 saturated heterocycles. The number of amides is 1. The highest BCUT2D eigenvalue weighted by atomic mass is 19.1. The van der Waals surface area contributed by atoms with Crippen LogP contribution in [0.5, 0.6) is 0 Å². The van der Waals surface area contributed by atoms with Gasteiger partial charge in [-0.25, -0.2) is 9.49 Å². The second-order valence-electron chi connectivity index (χ2n) is 7.94. The summed E-state index contributed by atoms with van der Waals surface area (Å²) in [5.41, 5.74) is 2.59. The Morgan fingerprint density at radius 3 is 2.59 bits per heavy atom. The number of H-pyrrole nitrogens is 1. The lowest BCUT2D eigenvalue weighted by Gasteiger charge is -2.15. The van der Waals surface area contributed by atoms with Crippen molar-refractivity contribution >= 4 is 16.7 Å². The molecule has 32 heavy (non-hydrogen) atoms. The highest BCUT2D eigenvalue weighted by Gasteiger charge is 2.31. The molecule has 1 amide bonds. The first kappa shape index (κ1) is 20.1.